The van der Waals surface area contributed by atoms with E-state index in [1.165, 1.54) is 19.1 Å². The third-order valence-electron chi connectivity index (χ3n) is 3.19. The molecule has 5 nitrogen and oxygen atoms in total. The molecule has 2 aromatic carbocycles. The zero-order chi connectivity index (χ0) is 17.7. The van der Waals surface area contributed by atoms with Crippen molar-refractivity contribution >= 4 is 40.8 Å². The molecule has 0 saturated carbocycles. The molecule has 126 valence electrons. The number of ether oxygens (including phenoxy) is 1. The van der Waals surface area contributed by atoms with Gasteiger partial charge in [0.15, 0.2) is 12.2 Å². The maximum absolute atomic E-state index is 12.1. The van der Waals surface area contributed by atoms with Crippen LogP contribution in [-0.4, -0.2) is 23.1 Å². The van der Waals surface area contributed by atoms with Gasteiger partial charge in [0.1, 0.15) is 0 Å². The molecule has 0 aliphatic carbocycles. The lowest BCUT2D eigenvalue weighted by molar-refractivity contribution is -0.162. The van der Waals surface area contributed by atoms with Gasteiger partial charge in [0.2, 0.25) is 0 Å². The Balaban J connectivity index is 1.97. The molecule has 0 saturated heterocycles. The number of amides is 1. The van der Waals surface area contributed by atoms with Gasteiger partial charge in [0.25, 0.3) is 5.91 Å². The van der Waals surface area contributed by atoms with Crippen LogP contribution in [0.4, 0.5) is 5.69 Å². The molecule has 2 atom stereocenters. The fourth-order valence-electron chi connectivity index (χ4n) is 1.89. The molecule has 0 aliphatic rings. The molecule has 1 amide bonds. The van der Waals surface area contributed by atoms with Crippen LogP contribution in [0.2, 0.25) is 10.0 Å². The summed E-state index contributed by atoms with van der Waals surface area (Å²) in [5.74, 6) is -1.49. The highest BCUT2D eigenvalue weighted by Crippen LogP contribution is 2.25. The summed E-state index contributed by atoms with van der Waals surface area (Å²) in [6, 6.07) is 12.9. The molecule has 0 heterocycles. The molecule has 0 radical (unpaired) electrons. The number of esters is 1. The normalized spacial score (nSPS) is 13.0. The predicted molar refractivity (Wildman–Crippen MR) is 92.0 cm³/mol. The molecule has 7 heteroatoms. The van der Waals surface area contributed by atoms with Crippen LogP contribution in [0.15, 0.2) is 48.5 Å². The third-order valence-corrected chi connectivity index (χ3v) is 3.74. The number of nitrogens with one attached hydrogen (secondary N) is 1. The molecule has 2 N–H and O–H groups in total. The topological polar surface area (TPSA) is 75.6 Å². The van der Waals surface area contributed by atoms with E-state index in [1.807, 2.05) is 0 Å². The number of rotatable bonds is 5. The number of anilines is 1. The van der Waals surface area contributed by atoms with Crippen LogP contribution in [0, 0.1) is 0 Å². The van der Waals surface area contributed by atoms with Crippen molar-refractivity contribution in [3.05, 3.63) is 64.1 Å². The average molecular weight is 368 g/mol. The van der Waals surface area contributed by atoms with E-state index in [2.05, 4.69) is 5.32 Å². The summed E-state index contributed by atoms with van der Waals surface area (Å²) < 4.78 is 4.99. The highest BCUT2D eigenvalue weighted by molar-refractivity contribution is 6.36. The van der Waals surface area contributed by atoms with Crippen molar-refractivity contribution in [2.24, 2.45) is 0 Å². The van der Waals surface area contributed by atoms with E-state index >= 15 is 0 Å². The fourth-order valence-corrected chi connectivity index (χ4v) is 2.34. The van der Waals surface area contributed by atoms with Crippen LogP contribution >= 0.6 is 23.2 Å². The molecule has 0 aliphatic heterocycles. The Morgan fingerprint density at radius 2 is 1.79 bits per heavy atom. The number of aliphatic hydroxyl groups excluding tert-OH is 1. The van der Waals surface area contributed by atoms with E-state index in [0.29, 0.717) is 16.3 Å². The number of aliphatic hydroxyl groups is 1. The van der Waals surface area contributed by atoms with E-state index in [4.69, 9.17) is 27.9 Å². The number of benzene rings is 2. The van der Waals surface area contributed by atoms with Gasteiger partial charge in [0.05, 0.1) is 10.7 Å². The first-order valence-corrected chi connectivity index (χ1v) is 7.83. The second kappa shape index (κ2) is 8.15. The van der Waals surface area contributed by atoms with Crippen molar-refractivity contribution < 1.29 is 19.4 Å². The quantitative estimate of drug-likeness (QED) is 0.791. The van der Waals surface area contributed by atoms with Crippen LogP contribution in [-0.2, 0) is 14.3 Å². The molecule has 24 heavy (non-hydrogen) atoms. The highest BCUT2D eigenvalue weighted by Gasteiger charge is 2.24. The van der Waals surface area contributed by atoms with Gasteiger partial charge < -0.3 is 15.2 Å². The van der Waals surface area contributed by atoms with E-state index in [9.17, 15) is 14.7 Å². The summed E-state index contributed by atoms with van der Waals surface area (Å²) in [7, 11) is 0. The third kappa shape index (κ3) is 4.71. The van der Waals surface area contributed by atoms with Crippen molar-refractivity contribution in [3.63, 3.8) is 0 Å². The van der Waals surface area contributed by atoms with E-state index < -0.39 is 24.1 Å². The van der Waals surface area contributed by atoms with E-state index in [0.717, 1.165) is 0 Å². The lowest BCUT2D eigenvalue weighted by atomic mass is 10.1. The number of halogens is 2. The van der Waals surface area contributed by atoms with Crippen LogP contribution in [0.3, 0.4) is 0 Å². The molecule has 0 bridgehead atoms. The van der Waals surface area contributed by atoms with Crippen molar-refractivity contribution in [3.8, 4) is 0 Å². The largest absolute Gasteiger partial charge is 0.450 e. The first-order chi connectivity index (χ1) is 11.4. The molecular formula is C17H15Cl2NO4. The van der Waals surface area contributed by atoms with Gasteiger partial charge in [-0.3, -0.25) is 4.79 Å². The Morgan fingerprint density at radius 3 is 2.42 bits per heavy atom. The van der Waals surface area contributed by atoms with Gasteiger partial charge in [-0.25, -0.2) is 4.79 Å². The maximum atomic E-state index is 12.1. The lowest BCUT2D eigenvalue weighted by Gasteiger charge is -2.16. The highest BCUT2D eigenvalue weighted by atomic mass is 35.5. The summed E-state index contributed by atoms with van der Waals surface area (Å²) in [4.78, 5) is 24.0. The standard InChI is InChI=1S/C17H15Cl2NO4/c1-10(16(22)20-14-8-7-12(18)9-13(14)19)24-17(23)15(21)11-5-3-2-4-6-11/h2-10,15,21H,1H3,(H,20,22)/t10-,15+/m1/s1. The maximum Gasteiger partial charge on any atom is 0.340 e. The predicted octanol–water partition coefficient (Wildman–Crippen LogP) is 3.60. The summed E-state index contributed by atoms with van der Waals surface area (Å²) in [6.07, 6.45) is -2.57. The molecule has 0 fully saturated rings. The number of carbonyl (C=O) groups excluding carboxylic acids is 2. The zero-order valence-corrected chi connectivity index (χ0v) is 14.2. The minimum atomic E-state index is -1.46. The Hall–Kier alpha value is -2.08. The van der Waals surface area contributed by atoms with Gasteiger partial charge in [-0.15, -0.1) is 0 Å². The van der Waals surface area contributed by atoms with Crippen molar-refractivity contribution in [1.82, 2.24) is 0 Å². The van der Waals surface area contributed by atoms with Crippen LogP contribution < -0.4 is 5.32 Å². The second-order valence-corrected chi connectivity index (χ2v) is 5.85. The smallest absolute Gasteiger partial charge is 0.340 e. The molecule has 2 rings (SSSR count). The summed E-state index contributed by atoms with van der Waals surface area (Å²) >= 11 is 11.8. The van der Waals surface area contributed by atoms with E-state index in [-0.39, 0.29) is 5.02 Å². The van der Waals surface area contributed by atoms with Crippen LogP contribution in [0.25, 0.3) is 0 Å². The lowest BCUT2D eigenvalue weighted by Crippen LogP contribution is -2.31. The zero-order valence-electron chi connectivity index (χ0n) is 12.7. The van der Waals surface area contributed by atoms with Gasteiger partial charge >= 0.3 is 5.97 Å². The van der Waals surface area contributed by atoms with Gasteiger partial charge in [-0.1, -0.05) is 53.5 Å². The Labute approximate surface area is 149 Å². The Morgan fingerprint density at radius 1 is 1.12 bits per heavy atom. The van der Waals surface area contributed by atoms with Crippen molar-refractivity contribution in [1.29, 1.82) is 0 Å². The number of hydrogen-bond donors (Lipinski definition) is 2. The van der Waals surface area contributed by atoms with Gasteiger partial charge in [-0.2, -0.15) is 0 Å². The van der Waals surface area contributed by atoms with Gasteiger partial charge in [0, 0.05) is 5.02 Å². The molecular weight excluding hydrogens is 353 g/mol. The van der Waals surface area contributed by atoms with Crippen molar-refractivity contribution in [2.45, 2.75) is 19.1 Å². The molecule has 0 spiro atoms. The number of carbonyl (C=O) groups is 2. The molecule has 2 aromatic rings. The second-order valence-electron chi connectivity index (χ2n) is 5.01. The molecule has 0 unspecified atom stereocenters. The van der Waals surface area contributed by atoms with E-state index in [1.54, 1.807) is 36.4 Å². The van der Waals surface area contributed by atoms with Crippen molar-refractivity contribution in [2.75, 3.05) is 5.32 Å². The monoisotopic (exact) mass is 367 g/mol. The fraction of sp³-hybridized carbons (Fsp3) is 0.176. The first-order valence-electron chi connectivity index (χ1n) is 7.08. The first kappa shape index (κ1) is 18.3. The minimum absolute atomic E-state index is 0.263. The molecule has 0 aromatic heterocycles. The number of hydrogen-bond acceptors (Lipinski definition) is 4. The Bertz CT molecular complexity index is 737. The van der Waals surface area contributed by atoms with Gasteiger partial charge in [-0.05, 0) is 30.7 Å². The summed E-state index contributed by atoms with van der Waals surface area (Å²) in [6.45, 7) is 1.40. The Kier molecular flexibility index (Phi) is 6.20. The van der Waals surface area contributed by atoms with Crippen LogP contribution in [0.5, 0.6) is 0 Å². The summed E-state index contributed by atoms with van der Waals surface area (Å²) in [5.41, 5.74) is 0.730. The average Bonchev–Trinajstić information content (AvgIpc) is 2.57. The minimum Gasteiger partial charge on any atom is -0.450 e. The summed E-state index contributed by atoms with van der Waals surface area (Å²) in [5, 5.41) is 13.2. The van der Waals surface area contributed by atoms with Crippen LogP contribution in [0.1, 0.15) is 18.6 Å². The SMILES string of the molecule is C[C@@H](OC(=O)[C@@H](O)c1ccccc1)C(=O)Nc1ccc(Cl)cc1Cl.